The van der Waals surface area contributed by atoms with Crippen molar-refractivity contribution in [3.8, 4) is 39.8 Å². The van der Waals surface area contributed by atoms with Gasteiger partial charge < -0.3 is 96.2 Å². The van der Waals surface area contributed by atoms with Crippen LogP contribution in [0.4, 0.5) is 0 Å². The smallest absolute Gasteiger partial charge is 0.446 e. The van der Waals surface area contributed by atoms with E-state index in [1.54, 1.807) is 30.3 Å². The number of primary amides is 1. The molecule has 7 rings (SSSR count). The van der Waals surface area contributed by atoms with Gasteiger partial charge in [-0.2, -0.15) is 8.42 Å². The Morgan fingerprint density at radius 2 is 1.42 bits per heavy atom. The monoisotopic (exact) mass is 1270 g/mol. The van der Waals surface area contributed by atoms with Crippen molar-refractivity contribution in [1.82, 2.24) is 36.2 Å². The number of phenolic OH excluding ortho intramolecular Hbond substituents is 1. The summed E-state index contributed by atoms with van der Waals surface area (Å²) in [7, 11) is -5.35. The molecular formula is C57H72N8O23S. The van der Waals surface area contributed by atoms with Crippen molar-refractivity contribution >= 4 is 57.5 Å². The number of hydrogen-bond donors (Lipinski definition) is 15. The molecular weight excluding hydrogens is 1200 g/mol. The number of amides is 7. The number of rotatable bonds is 19. The maximum Gasteiger partial charge on any atom is 0.446 e. The zero-order chi connectivity index (χ0) is 65.3. The molecule has 15 atom stereocenters. The van der Waals surface area contributed by atoms with Crippen LogP contribution in [-0.2, 0) is 44.0 Å². The highest BCUT2D eigenvalue weighted by molar-refractivity contribution is 7.81. The van der Waals surface area contributed by atoms with Crippen LogP contribution >= 0.6 is 0 Å². The second-order valence-electron chi connectivity index (χ2n) is 22.2. The summed E-state index contributed by atoms with van der Waals surface area (Å²) in [5.41, 5.74) is 6.35. The number of aromatic nitrogens is 1. The molecule has 3 fully saturated rings. The third-order valence-electron chi connectivity index (χ3n) is 15.5. The number of nitrogens with one attached hydrogen (secondary N) is 4. The van der Waals surface area contributed by atoms with E-state index < -0.39 is 204 Å². The van der Waals surface area contributed by atoms with Gasteiger partial charge in [-0.1, -0.05) is 62.2 Å². The molecule has 4 aromatic rings. The van der Waals surface area contributed by atoms with E-state index in [2.05, 4.69) is 26.9 Å². The Morgan fingerprint density at radius 3 is 2.06 bits per heavy atom. The third-order valence-corrected chi connectivity index (χ3v) is 15.9. The average Bonchev–Trinajstić information content (AvgIpc) is 2.76. The first-order valence-corrected chi connectivity index (χ1v) is 29.7. The van der Waals surface area contributed by atoms with Crippen LogP contribution in [0.25, 0.3) is 22.6 Å². The Morgan fingerprint density at radius 1 is 0.775 bits per heavy atom. The standard InChI is InChI=1S/C57H72N8O23S/c1-4-5-6-17-86-34-14-11-30(12-15-34)41-22-35(63-87-41)28-7-9-29(10-8-28)38(69)18-32-19-40(71)53(78)62-55(80)47-48(73)26(2)24-65(47)57(82)45(39(70)23-43(58)72)60-54(79)46(50(75)49(74)31-13-16-37(68)42(20-31)88-89(83,84)85)61-52(77)36-21-33(67)25-64(36)56(81)44(27(3)66)59-51(32)76/h7-16,20,22,26-27,32-33,36,39-40,44-50,53,66-68,70-71,73-75,78H,4-6,17-19,21,23-25H2,1-3H3,(H2,58,72)(H,59,76)(H,60,79)(H,61,77)(H,62,80)(H,83,84,85)/t26-,27+,32-,33+,36-,39+,40+,44-,45-,46-,47-,48-,49-,50-,53+/m0/s1. The SMILES string of the molecule is CCCCCOc1ccc(-c2cc(-c3ccc(C(=O)C[C@H]4C[C@@H](O)[C@@H](O)NC(=O)[C@@H]5[C@@H](O)[C@@H](C)CN5C(=O)[C@H]([C@H](O)CC(N)=O)NC(=O)[C@H]([C@H](O)[C@@H](O)c5ccc(O)c(OS(=O)(=O)O)c5)NC(=O)[C@@H]5C[C@@H](O)CN5C(=O)[C@H]([C@@H](C)O)NC4=O)cc3)no2)cc1. The van der Waals surface area contributed by atoms with E-state index in [9.17, 15) is 97.3 Å². The minimum absolute atomic E-state index is 0.00444. The van der Waals surface area contributed by atoms with Crippen molar-refractivity contribution in [3.63, 3.8) is 0 Å². The number of Topliss-reactive ketones (excluding diaryl/α,β-unsaturated/α-hetero) is 1. The number of aliphatic hydroxyl groups is 8. The lowest BCUT2D eigenvalue weighted by Crippen LogP contribution is -2.64. The zero-order valence-corrected chi connectivity index (χ0v) is 49.1. The van der Waals surface area contributed by atoms with Gasteiger partial charge in [-0.05, 0) is 61.7 Å². The number of nitrogens with two attached hydrogens (primary N) is 1. The molecule has 0 bridgehead atoms. The summed E-state index contributed by atoms with van der Waals surface area (Å²) in [6.07, 6.45) is -17.8. The molecule has 484 valence electrons. The van der Waals surface area contributed by atoms with Crippen molar-refractivity contribution in [2.75, 3.05) is 19.7 Å². The Bertz CT molecular complexity index is 3330. The first kappa shape index (κ1) is 68.3. The topological polar surface area (TPSA) is 498 Å². The van der Waals surface area contributed by atoms with Gasteiger partial charge in [0.1, 0.15) is 53.9 Å². The molecule has 1 aromatic heterocycles. The van der Waals surface area contributed by atoms with Gasteiger partial charge in [0.25, 0.3) is 0 Å². The predicted octanol–water partition coefficient (Wildman–Crippen LogP) is -2.81. The first-order valence-electron chi connectivity index (χ1n) is 28.3. The highest BCUT2D eigenvalue weighted by atomic mass is 32.3. The van der Waals surface area contributed by atoms with Gasteiger partial charge >= 0.3 is 10.4 Å². The van der Waals surface area contributed by atoms with Crippen LogP contribution in [0.15, 0.2) is 77.3 Å². The van der Waals surface area contributed by atoms with E-state index in [0.29, 0.717) is 50.8 Å². The minimum Gasteiger partial charge on any atom is -0.504 e. The molecule has 3 aliphatic heterocycles. The van der Waals surface area contributed by atoms with Crippen molar-refractivity contribution in [2.45, 2.75) is 145 Å². The second kappa shape index (κ2) is 29.4. The first-order chi connectivity index (χ1) is 42.0. The molecule has 0 radical (unpaired) electrons. The summed E-state index contributed by atoms with van der Waals surface area (Å²) in [6, 6.07) is 5.87. The largest absolute Gasteiger partial charge is 0.504 e. The molecule has 0 unspecified atom stereocenters. The number of hydrogen-bond acceptors (Lipinski definition) is 23. The van der Waals surface area contributed by atoms with Crippen molar-refractivity contribution in [1.29, 1.82) is 0 Å². The summed E-state index contributed by atoms with van der Waals surface area (Å²) in [5.74, 6) is -14.2. The maximum absolute atomic E-state index is 14.7. The van der Waals surface area contributed by atoms with Gasteiger partial charge in [0.15, 0.2) is 29.3 Å². The number of aromatic hydroxyl groups is 1. The van der Waals surface area contributed by atoms with Crippen molar-refractivity contribution in [2.24, 2.45) is 17.6 Å². The van der Waals surface area contributed by atoms with Gasteiger partial charge in [-0.3, -0.25) is 42.9 Å². The molecule has 16 N–H and O–H groups in total. The molecule has 32 heteroatoms. The Labute approximate surface area is 508 Å². The quantitative estimate of drug-likeness (QED) is 0.0256. The van der Waals surface area contributed by atoms with Crippen LogP contribution in [0.5, 0.6) is 17.2 Å². The molecule has 0 aliphatic carbocycles. The van der Waals surface area contributed by atoms with Crippen LogP contribution in [0.3, 0.4) is 0 Å². The number of nitrogens with zero attached hydrogens (tertiary/aromatic N) is 3. The number of fused-ring (bicyclic) bond motifs is 2. The molecule has 3 saturated heterocycles. The predicted molar refractivity (Wildman–Crippen MR) is 305 cm³/mol. The number of unbranched alkanes of at least 4 members (excludes halogenated alkanes) is 2. The highest BCUT2D eigenvalue weighted by Crippen LogP contribution is 2.34. The number of benzene rings is 3. The number of ketones is 1. The fourth-order valence-electron chi connectivity index (χ4n) is 10.6. The normalized spacial score (nSPS) is 26.5. The molecule has 89 heavy (non-hydrogen) atoms. The second-order valence-corrected chi connectivity index (χ2v) is 23.2. The number of carbonyl (C=O) groups is 8. The van der Waals surface area contributed by atoms with Crippen LogP contribution in [0, 0.1) is 11.8 Å². The van der Waals surface area contributed by atoms with Crippen LogP contribution in [0.1, 0.15) is 87.7 Å². The minimum atomic E-state index is -5.35. The molecule has 31 nitrogen and oxygen atoms in total. The lowest BCUT2D eigenvalue weighted by atomic mass is 9.90. The Kier molecular flexibility index (Phi) is 22.6. The summed E-state index contributed by atoms with van der Waals surface area (Å²) in [4.78, 5) is 115. The number of carbonyl (C=O) groups excluding carboxylic acids is 8. The number of phenols is 1. The Balaban J connectivity index is 1.22. The maximum atomic E-state index is 14.7. The highest BCUT2D eigenvalue weighted by Gasteiger charge is 2.51. The molecule has 3 aromatic carbocycles. The average molecular weight is 1270 g/mol. The summed E-state index contributed by atoms with van der Waals surface area (Å²) >= 11 is 0. The van der Waals surface area contributed by atoms with Gasteiger partial charge in [-0.15, -0.1) is 0 Å². The molecule has 0 saturated carbocycles. The lowest BCUT2D eigenvalue weighted by Gasteiger charge is -2.34. The summed E-state index contributed by atoms with van der Waals surface area (Å²) in [6.45, 7) is 3.80. The van der Waals surface area contributed by atoms with Gasteiger partial charge in [0.2, 0.25) is 41.4 Å². The van der Waals surface area contributed by atoms with Gasteiger partial charge in [0.05, 0.1) is 43.5 Å². The molecule has 4 heterocycles. The van der Waals surface area contributed by atoms with E-state index in [-0.39, 0.29) is 5.56 Å². The van der Waals surface area contributed by atoms with Crippen molar-refractivity contribution < 1.29 is 111 Å². The van der Waals surface area contributed by atoms with E-state index >= 15 is 0 Å². The van der Waals surface area contributed by atoms with E-state index in [4.69, 9.17) is 15.0 Å². The molecule has 3 aliphatic rings. The van der Waals surface area contributed by atoms with Gasteiger partial charge in [0, 0.05) is 60.5 Å². The molecule has 0 spiro atoms. The number of ether oxygens (including phenoxy) is 1. The van der Waals surface area contributed by atoms with Crippen LogP contribution in [-0.4, -0.2) is 214 Å². The lowest BCUT2D eigenvalue weighted by molar-refractivity contribution is -0.149. The van der Waals surface area contributed by atoms with Crippen LogP contribution < -0.4 is 35.9 Å². The zero-order valence-electron chi connectivity index (χ0n) is 48.3. The Hall–Kier alpha value is -8.18. The fraction of sp³-hybridized carbons (Fsp3) is 0.491. The number of aliphatic hydroxyl groups excluding tert-OH is 8. The van der Waals surface area contributed by atoms with E-state index in [1.165, 1.54) is 31.2 Å². The van der Waals surface area contributed by atoms with Crippen molar-refractivity contribution in [3.05, 3.63) is 83.9 Å². The molecule has 7 amide bonds. The fourth-order valence-corrected chi connectivity index (χ4v) is 11.0. The van der Waals surface area contributed by atoms with Gasteiger partial charge in [-0.25, -0.2) is 0 Å². The van der Waals surface area contributed by atoms with Crippen LogP contribution in [0.2, 0.25) is 0 Å². The third kappa shape index (κ3) is 17.0. The summed E-state index contributed by atoms with van der Waals surface area (Å²) < 4.78 is 48.1. The van der Waals surface area contributed by atoms with E-state index in [1.807, 2.05) is 10.6 Å². The van der Waals surface area contributed by atoms with E-state index in [0.717, 1.165) is 38.3 Å². The summed E-state index contributed by atoms with van der Waals surface area (Å²) in [5, 5.41) is 114.